The molecule has 1 nitrogen and oxygen atoms in total. The number of aryl methyl sites for hydroxylation is 3. The fraction of sp³-hybridized carbons (Fsp3) is 0.611. The van der Waals surface area contributed by atoms with Gasteiger partial charge >= 0.3 is 0 Å². The van der Waals surface area contributed by atoms with Gasteiger partial charge < -0.3 is 0 Å². The lowest BCUT2D eigenvalue weighted by Crippen LogP contribution is -2.21. The molecular weight excluding hydrogens is 263 g/mol. The summed E-state index contributed by atoms with van der Waals surface area (Å²) >= 11 is 0. The minimum Gasteiger partial charge on any atom is -0.294 e. The highest BCUT2D eigenvalue weighted by atomic mass is 31.0. The Morgan fingerprint density at radius 2 is 1.70 bits per heavy atom. The number of Topliss-reactive ketones (excluding diaryl/α,β-unsaturated/α-hetero) is 1. The van der Waals surface area contributed by atoms with E-state index >= 15 is 0 Å². The monoisotopic (exact) mass is 292 g/mol. The van der Waals surface area contributed by atoms with Crippen LogP contribution in [0.2, 0.25) is 0 Å². The van der Waals surface area contributed by atoms with Crippen LogP contribution in [0.1, 0.15) is 60.7 Å². The van der Waals surface area contributed by atoms with Crippen LogP contribution in [0, 0.1) is 32.1 Å². The van der Waals surface area contributed by atoms with Gasteiger partial charge in [-0.05, 0) is 55.8 Å². The third-order valence-electron chi connectivity index (χ3n) is 3.90. The van der Waals surface area contributed by atoms with Crippen molar-refractivity contribution >= 4 is 15.0 Å². The van der Waals surface area contributed by atoms with Crippen LogP contribution in [0.5, 0.6) is 0 Å². The molecule has 0 N–H and O–H groups in total. The minimum atomic E-state index is 0.0663. The van der Waals surface area contributed by atoms with Crippen molar-refractivity contribution in [3.63, 3.8) is 0 Å². The highest BCUT2D eigenvalue weighted by Gasteiger charge is 2.26. The van der Waals surface area contributed by atoms with E-state index in [9.17, 15) is 4.79 Å². The van der Waals surface area contributed by atoms with Crippen LogP contribution in [0.25, 0.3) is 0 Å². The predicted octanol–water partition coefficient (Wildman–Crippen LogP) is 5.11. The Kier molecular flexibility index (Phi) is 5.95. The van der Waals surface area contributed by atoms with Gasteiger partial charge in [0.15, 0.2) is 5.78 Å². The van der Waals surface area contributed by atoms with Crippen LogP contribution in [-0.2, 0) is 0 Å². The van der Waals surface area contributed by atoms with E-state index in [1.54, 1.807) is 0 Å². The molecule has 0 amide bonds. The largest absolute Gasteiger partial charge is 0.294 e. The molecule has 1 aromatic carbocycles. The van der Waals surface area contributed by atoms with Crippen LogP contribution in [0.3, 0.4) is 0 Å². The quantitative estimate of drug-likeness (QED) is 0.526. The Morgan fingerprint density at radius 3 is 2.15 bits per heavy atom. The molecule has 0 aliphatic rings. The van der Waals surface area contributed by atoms with Gasteiger partial charge in [0.1, 0.15) is 0 Å². The standard InChI is InChI=1S/C18H29OP/c1-12-7-14(3)17(15(4)8-12)16(19)10-18(5,6)9-13(2)11-20/h7-8,13H,9-11,20H2,1-6H3. The molecule has 2 heteroatoms. The van der Waals surface area contributed by atoms with Crippen molar-refractivity contribution in [3.8, 4) is 0 Å². The lowest BCUT2D eigenvalue weighted by Gasteiger charge is -2.27. The van der Waals surface area contributed by atoms with Crippen LogP contribution < -0.4 is 0 Å². The fourth-order valence-corrected chi connectivity index (χ4v) is 3.41. The Balaban J connectivity index is 2.92. The lowest BCUT2D eigenvalue weighted by molar-refractivity contribution is 0.0916. The van der Waals surface area contributed by atoms with E-state index in [0.717, 1.165) is 29.3 Å². The minimum absolute atomic E-state index is 0.0663. The normalized spacial score (nSPS) is 13.3. The van der Waals surface area contributed by atoms with Gasteiger partial charge in [-0.25, -0.2) is 0 Å². The van der Waals surface area contributed by atoms with E-state index in [-0.39, 0.29) is 5.41 Å². The first-order valence-corrected chi connectivity index (χ1v) is 8.29. The Bertz CT molecular complexity index is 465. The summed E-state index contributed by atoms with van der Waals surface area (Å²) in [6, 6.07) is 4.22. The third kappa shape index (κ3) is 4.70. The third-order valence-corrected chi connectivity index (χ3v) is 4.70. The van der Waals surface area contributed by atoms with Crippen molar-refractivity contribution in [1.82, 2.24) is 0 Å². The average molecular weight is 292 g/mol. The van der Waals surface area contributed by atoms with E-state index in [1.165, 1.54) is 5.56 Å². The average Bonchev–Trinajstić information content (AvgIpc) is 2.25. The van der Waals surface area contributed by atoms with Crippen LogP contribution in [0.4, 0.5) is 0 Å². The highest BCUT2D eigenvalue weighted by molar-refractivity contribution is 7.16. The number of carbonyl (C=O) groups excluding carboxylic acids is 1. The molecule has 0 heterocycles. The van der Waals surface area contributed by atoms with Crippen molar-refractivity contribution < 1.29 is 4.79 Å². The second-order valence-corrected chi connectivity index (χ2v) is 7.55. The molecule has 0 aromatic heterocycles. The first-order valence-electron chi connectivity index (χ1n) is 7.47. The summed E-state index contributed by atoms with van der Waals surface area (Å²) in [4.78, 5) is 12.7. The van der Waals surface area contributed by atoms with Gasteiger partial charge in [0.2, 0.25) is 0 Å². The second-order valence-electron chi connectivity index (χ2n) is 7.08. The molecule has 0 saturated heterocycles. The molecule has 0 bridgehead atoms. The Labute approximate surface area is 126 Å². The first kappa shape index (κ1) is 17.4. The van der Waals surface area contributed by atoms with Crippen molar-refractivity contribution in [2.75, 3.05) is 6.16 Å². The summed E-state index contributed by atoms with van der Waals surface area (Å²) in [6.45, 7) is 12.8. The van der Waals surface area contributed by atoms with Crippen molar-refractivity contribution in [2.24, 2.45) is 11.3 Å². The first-order chi connectivity index (χ1) is 9.16. The number of rotatable bonds is 6. The summed E-state index contributed by atoms with van der Waals surface area (Å²) in [5.41, 5.74) is 4.45. The smallest absolute Gasteiger partial charge is 0.163 e. The molecule has 0 aliphatic heterocycles. The maximum absolute atomic E-state index is 12.7. The predicted molar refractivity (Wildman–Crippen MR) is 91.7 cm³/mol. The number of ketones is 1. The van der Waals surface area contributed by atoms with Gasteiger partial charge in [-0.1, -0.05) is 38.5 Å². The fourth-order valence-electron chi connectivity index (χ4n) is 3.24. The van der Waals surface area contributed by atoms with Gasteiger partial charge in [-0.3, -0.25) is 4.79 Å². The van der Waals surface area contributed by atoms with E-state index in [2.05, 4.69) is 49.1 Å². The molecule has 0 radical (unpaired) electrons. The maximum Gasteiger partial charge on any atom is 0.163 e. The molecule has 1 rings (SSSR count). The van der Waals surface area contributed by atoms with Crippen LogP contribution in [-0.4, -0.2) is 11.9 Å². The molecule has 1 aromatic rings. The number of hydrogen-bond acceptors (Lipinski definition) is 1. The molecule has 0 spiro atoms. The summed E-state index contributed by atoms with van der Waals surface area (Å²) < 4.78 is 0. The van der Waals surface area contributed by atoms with Crippen molar-refractivity contribution in [1.29, 1.82) is 0 Å². The zero-order valence-electron chi connectivity index (χ0n) is 13.8. The van der Waals surface area contributed by atoms with E-state index in [4.69, 9.17) is 0 Å². The van der Waals surface area contributed by atoms with Crippen LogP contribution in [0.15, 0.2) is 12.1 Å². The van der Waals surface area contributed by atoms with Gasteiger partial charge in [-0.2, -0.15) is 0 Å². The number of carbonyl (C=O) groups is 1. The highest BCUT2D eigenvalue weighted by Crippen LogP contribution is 2.32. The molecule has 0 fully saturated rings. The van der Waals surface area contributed by atoms with Gasteiger partial charge in [0.05, 0.1) is 0 Å². The topological polar surface area (TPSA) is 17.1 Å². The summed E-state index contributed by atoms with van der Waals surface area (Å²) in [7, 11) is 2.80. The molecule has 2 atom stereocenters. The molecule has 0 saturated carbocycles. The Hall–Kier alpha value is -0.680. The lowest BCUT2D eigenvalue weighted by atomic mass is 9.78. The molecular formula is C18H29OP. The van der Waals surface area contributed by atoms with E-state index in [0.29, 0.717) is 18.1 Å². The zero-order valence-corrected chi connectivity index (χ0v) is 15.0. The van der Waals surface area contributed by atoms with Crippen LogP contribution >= 0.6 is 9.24 Å². The SMILES string of the molecule is Cc1cc(C)c(C(=O)CC(C)(C)CC(C)CP)c(C)c1. The maximum atomic E-state index is 12.7. The van der Waals surface area contributed by atoms with E-state index in [1.807, 2.05) is 13.8 Å². The van der Waals surface area contributed by atoms with Gasteiger partial charge in [-0.15, -0.1) is 9.24 Å². The van der Waals surface area contributed by atoms with E-state index < -0.39 is 0 Å². The second kappa shape index (κ2) is 6.85. The van der Waals surface area contributed by atoms with Gasteiger partial charge in [0.25, 0.3) is 0 Å². The molecule has 2 unspecified atom stereocenters. The molecule has 112 valence electrons. The van der Waals surface area contributed by atoms with Crippen molar-refractivity contribution in [3.05, 3.63) is 34.4 Å². The molecule has 20 heavy (non-hydrogen) atoms. The number of benzene rings is 1. The van der Waals surface area contributed by atoms with Gasteiger partial charge in [0, 0.05) is 12.0 Å². The molecule has 0 aliphatic carbocycles. The summed E-state index contributed by atoms with van der Waals surface area (Å²) in [6.07, 6.45) is 2.82. The number of hydrogen-bond donors (Lipinski definition) is 0. The summed E-state index contributed by atoms with van der Waals surface area (Å²) in [5.74, 6) is 0.934. The summed E-state index contributed by atoms with van der Waals surface area (Å²) in [5, 5.41) is 0. The van der Waals surface area contributed by atoms with Crippen molar-refractivity contribution in [2.45, 2.75) is 54.4 Å². The Morgan fingerprint density at radius 1 is 1.20 bits per heavy atom. The zero-order chi connectivity index (χ0) is 15.5.